The SMILES string of the molecule is C[C@@H]1CN(CC(=O)N2CC(C)(C)c3ncc(Cc4ccc(F)cc4F)cc32)[C@@H](CN2Cc3c(O)cccc3C2=O)CN1C(=O)O. The van der Waals surface area contributed by atoms with Gasteiger partial charge in [-0.3, -0.25) is 19.5 Å². The van der Waals surface area contributed by atoms with Gasteiger partial charge in [-0.05, 0) is 42.3 Å². The van der Waals surface area contributed by atoms with Crippen molar-refractivity contribution < 1.29 is 33.4 Å². The third-order valence-corrected chi connectivity index (χ3v) is 9.11. The molecule has 2 aromatic carbocycles. The van der Waals surface area contributed by atoms with Crippen molar-refractivity contribution in [1.82, 2.24) is 19.7 Å². The lowest BCUT2D eigenvalue weighted by Crippen LogP contribution is -2.63. The number of nitrogens with zero attached hydrogens (tertiary/aromatic N) is 5. The molecule has 1 fully saturated rings. The number of rotatable bonds is 6. The van der Waals surface area contributed by atoms with Gasteiger partial charge in [0.1, 0.15) is 17.4 Å². The van der Waals surface area contributed by atoms with Crippen molar-refractivity contribution in [3.8, 4) is 5.75 Å². The van der Waals surface area contributed by atoms with E-state index in [2.05, 4.69) is 4.98 Å². The number of carbonyl (C=O) groups is 3. The Morgan fingerprint density at radius 3 is 2.60 bits per heavy atom. The van der Waals surface area contributed by atoms with Gasteiger partial charge >= 0.3 is 6.09 Å². The largest absolute Gasteiger partial charge is 0.508 e. The first-order valence-corrected chi connectivity index (χ1v) is 14.9. The summed E-state index contributed by atoms with van der Waals surface area (Å²) in [6.45, 7) is 6.89. The maximum atomic E-state index is 14.4. The summed E-state index contributed by atoms with van der Waals surface area (Å²) in [5, 5.41) is 20.2. The minimum atomic E-state index is -1.07. The molecule has 236 valence electrons. The zero-order chi connectivity index (χ0) is 32.2. The molecule has 0 radical (unpaired) electrons. The Labute approximate surface area is 259 Å². The molecule has 0 aliphatic carbocycles. The first kappa shape index (κ1) is 30.4. The number of halogens is 2. The third kappa shape index (κ3) is 5.70. The number of carbonyl (C=O) groups excluding carboxylic acids is 2. The van der Waals surface area contributed by atoms with E-state index in [0.29, 0.717) is 34.5 Å². The first-order chi connectivity index (χ1) is 21.3. The number of aromatic nitrogens is 1. The number of benzene rings is 2. The smallest absolute Gasteiger partial charge is 0.407 e. The number of anilines is 1. The number of phenolic OH excluding ortho intramolecular Hbond substituents is 1. The average molecular weight is 620 g/mol. The quantitative estimate of drug-likeness (QED) is 0.429. The molecule has 3 aliphatic rings. The molecule has 2 atom stereocenters. The van der Waals surface area contributed by atoms with E-state index in [1.807, 2.05) is 24.8 Å². The fourth-order valence-corrected chi connectivity index (χ4v) is 6.76. The molecule has 6 rings (SSSR count). The Morgan fingerprint density at radius 2 is 1.89 bits per heavy atom. The van der Waals surface area contributed by atoms with Crippen LogP contribution in [-0.4, -0.2) is 92.6 Å². The molecule has 0 unspecified atom stereocenters. The van der Waals surface area contributed by atoms with E-state index in [-0.39, 0.29) is 62.8 Å². The Balaban J connectivity index is 1.24. The molecule has 45 heavy (non-hydrogen) atoms. The molecule has 2 N–H and O–H groups in total. The summed E-state index contributed by atoms with van der Waals surface area (Å²) in [5.41, 5.74) is 2.84. The zero-order valence-corrected chi connectivity index (χ0v) is 25.3. The van der Waals surface area contributed by atoms with Crippen LogP contribution in [0.15, 0.2) is 48.7 Å². The maximum absolute atomic E-state index is 14.4. The zero-order valence-electron chi connectivity index (χ0n) is 25.3. The highest BCUT2D eigenvalue weighted by molar-refractivity contribution is 5.99. The van der Waals surface area contributed by atoms with Crippen LogP contribution in [0.5, 0.6) is 5.75 Å². The second-order valence-corrected chi connectivity index (χ2v) is 12.8. The van der Waals surface area contributed by atoms with E-state index in [4.69, 9.17) is 0 Å². The lowest BCUT2D eigenvalue weighted by molar-refractivity contribution is -0.121. The molecule has 0 bridgehead atoms. The van der Waals surface area contributed by atoms with Crippen LogP contribution in [0.3, 0.4) is 0 Å². The predicted octanol–water partition coefficient (Wildman–Crippen LogP) is 3.99. The van der Waals surface area contributed by atoms with E-state index in [1.54, 1.807) is 35.1 Å². The van der Waals surface area contributed by atoms with Crippen molar-refractivity contribution in [2.75, 3.05) is 37.6 Å². The van der Waals surface area contributed by atoms with Crippen LogP contribution in [0.2, 0.25) is 0 Å². The van der Waals surface area contributed by atoms with Crippen LogP contribution < -0.4 is 4.90 Å². The molecule has 3 aromatic rings. The van der Waals surface area contributed by atoms with E-state index in [1.165, 1.54) is 23.1 Å². The fourth-order valence-electron chi connectivity index (χ4n) is 6.76. The van der Waals surface area contributed by atoms with Gasteiger partial charge in [0.15, 0.2) is 0 Å². The Hall–Kier alpha value is -4.58. The molecular formula is C33H35F2N5O5. The van der Waals surface area contributed by atoms with Crippen molar-refractivity contribution in [1.29, 1.82) is 0 Å². The first-order valence-electron chi connectivity index (χ1n) is 14.9. The summed E-state index contributed by atoms with van der Waals surface area (Å²) in [6.07, 6.45) is 0.759. The monoisotopic (exact) mass is 619 g/mol. The number of phenols is 1. The minimum Gasteiger partial charge on any atom is -0.508 e. The summed E-state index contributed by atoms with van der Waals surface area (Å²) in [6, 6.07) is 9.21. The van der Waals surface area contributed by atoms with Gasteiger partial charge in [0, 0.05) is 73.5 Å². The van der Waals surface area contributed by atoms with Gasteiger partial charge in [-0.25, -0.2) is 13.6 Å². The highest BCUT2D eigenvalue weighted by Crippen LogP contribution is 2.40. The van der Waals surface area contributed by atoms with Crippen LogP contribution in [0.1, 0.15) is 53.5 Å². The number of piperazine rings is 1. The van der Waals surface area contributed by atoms with Crippen molar-refractivity contribution in [3.63, 3.8) is 0 Å². The van der Waals surface area contributed by atoms with Gasteiger partial charge < -0.3 is 24.9 Å². The van der Waals surface area contributed by atoms with E-state index < -0.39 is 29.2 Å². The third-order valence-electron chi connectivity index (χ3n) is 9.11. The number of hydrogen-bond acceptors (Lipinski definition) is 6. The normalized spacial score (nSPS) is 20.8. The fraction of sp³-hybridized carbons (Fsp3) is 0.394. The number of pyridine rings is 1. The summed E-state index contributed by atoms with van der Waals surface area (Å²) >= 11 is 0. The minimum absolute atomic E-state index is 0.0188. The molecule has 12 heteroatoms. The highest BCUT2D eigenvalue weighted by atomic mass is 19.1. The van der Waals surface area contributed by atoms with Crippen molar-refractivity contribution in [2.45, 2.75) is 51.2 Å². The molecule has 10 nitrogen and oxygen atoms in total. The number of amides is 3. The number of carboxylic acid groups (broad SMARTS) is 1. The highest BCUT2D eigenvalue weighted by Gasteiger charge is 2.43. The lowest BCUT2D eigenvalue weighted by Gasteiger charge is -2.45. The average Bonchev–Trinajstić information content (AvgIpc) is 3.44. The van der Waals surface area contributed by atoms with Gasteiger partial charge in [-0.1, -0.05) is 26.0 Å². The van der Waals surface area contributed by atoms with Crippen LogP contribution in [0.25, 0.3) is 0 Å². The Morgan fingerprint density at radius 1 is 1.11 bits per heavy atom. The van der Waals surface area contributed by atoms with Gasteiger partial charge in [0.05, 0.1) is 24.5 Å². The van der Waals surface area contributed by atoms with E-state index in [9.17, 15) is 33.4 Å². The molecule has 1 saturated heterocycles. The lowest BCUT2D eigenvalue weighted by atomic mass is 9.91. The summed E-state index contributed by atoms with van der Waals surface area (Å²) < 4.78 is 27.8. The molecule has 1 aromatic heterocycles. The molecule has 0 spiro atoms. The molecule has 3 aliphatic heterocycles. The number of hydrogen-bond donors (Lipinski definition) is 2. The van der Waals surface area contributed by atoms with Crippen LogP contribution >= 0.6 is 0 Å². The van der Waals surface area contributed by atoms with Crippen molar-refractivity contribution in [3.05, 3.63) is 88.2 Å². The second-order valence-electron chi connectivity index (χ2n) is 12.8. The second kappa shape index (κ2) is 11.4. The number of aromatic hydroxyl groups is 1. The van der Waals surface area contributed by atoms with Gasteiger partial charge in [0.2, 0.25) is 5.91 Å². The van der Waals surface area contributed by atoms with E-state index >= 15 is 0 Å². The van der Waals surface area contributed by atoms with Gasteiger partial charge in [-0.15, -0.1) is 0 Å². The molecule has 3 amide bonds. The predicted molar refractivity (Wildman–Crippen MR) is 161 cm³/mol. The van der Waals surface area contributed by atoms with Gasteiger partial charge in [0.25, 0.3) is 5.91 Å². The molecule has 4 heterocycles. The van der Waals surface area contributed by atoms with Crippen LogP contribution in [0, 0.1) is 11.6 Å². The standard InChI is InChI=1S/C33H35F2N5O5/c1-19-13-37(23(15-39(19)32(44)45)14-38-16-25-24(31(38)43)5-4-6-28(25)41)17-29(42)40-18-33(2,3)30-27(40)10-20(12-36-30)9-21-7-8-22(34)11-26(21)35/h4-8,10-12,19,23,41H,9,13-18H2,1-3H3,(H,44,45)/t19-,23+/m1/s1. The summed E-state index contributed by atoms with van der Waals surface area (Å²) in [7, 11) is 0. The van der Waals surface area contributed by atoms with E-state index in [0.717, 1.165) is 11.8 Å². The van der Waals surface area contributed by atoms with Crippen molar-refractivity contribution in [2.24, 2.45) is 0 Å². The Kier molecular flexibility index (Phi) is 7.72. The van der Waals surface area contributed by atoms with Crippen LogP contribution in [0.4, 0.5) is 19.3 Å². The number of fused-ring (bicyclic) bond motifs is 2. The molecular weight excluding hydrogens is 584 g/mol. The van der Waals surface area contributed by atoms with Crippen LogP contribution in [-0.2, 0) is 23.2 Å². The Bertz CT molecular complexity index is 1700. The topological polar surface area (TPSA) is 118 Å². The van der Waals surface area contributed by atoms with Gasteiger partial charge in [-0.2, -0.15) is 0 Å². The maximum Gasteiger partial charge on any atom is 0.407 e. The van der Waals surface area contributed by atoms with Crippen molar-refractivity contribution >= 4 is 23.6 Å². The summed E-state index contributed by atoms with van der Waals surface area (Å²) in [4.78, 5) is 50.4. The summed E-state index contributed by atoms with van der Waals surface area (Å²) in [5.74, 6) is -1.73. The molecule has 0 saturated carbocycles.